The lowest BCUT2D eigenvalue weighted by Gasteiger charge is -2.17. The van der Waals surface area contributed by atoms with Crippen LogP contribution in [0, 0.1) is 0 Å². The molecule has 3 aromatic rings. The Kier molecular flexibility index (Phi) is 4.88. The Morgan fingerprint density at radius 3 is 2.63 bits per heavy atom. The second-order valence-corrected chi connectivity index (χ2v) is 8.04. The van der Waals surface area contributed by atoms with E-state index >= 15 is 0 Å². The number of amides is 1. The predicted molar refractivity (Wildman–Crippen MR) is 118 cm³/mol. The first-order chi connectivity index (χ1) is 14.7. The molecule has 2 aliphatic heterocycles. The van der Waals surface area contributed by atoms with Crippen molar-refractivity contribution in [1.82, 2.24) is 5.43 Å². The lowest BCUT2D eigenvalue weighted by Crippen LogP contribution is -2.17. The standard InChI is InChI=1S/C23H18BrN3O3/c24-19-4-6-20(7-5-19)27-12-17-3-2-16(10-18(17)13-27)23(28)26-25-11-15-1-8-21-22(9-15)30-14-29-21/h1-11H,12-14H2,(H,26,28)/b25-11+. The van der Waals surface area contributed by atoms with Crippen LogP contribution in [0.15, 0.2) is 70.2 Å². The summed E-state index contributed by atoms with van der Waals surface area (Å²) >= 11 is 3.47. The molecule has 0 aliphatic carbocycles. The van der Waals surface area contributed by atoms with Gasteiger partial charge in [-0.15, -0.1) is 0 Å². The molecular weight excluding hydrogens is 446 g/mol. The highest BCUT2D eigenvalue weighted by molar-refractivity contribution is 9.10. The molecule has 1 N–H and O–H groups in total. The van der Waals surface area contributed by atoms with Crippen molar-refractivity contribution in [3.63, 3.8) is 0 Å². The van der Waals surface area contributed by atoms with Crippen molar-refractivity contribution in [3.05, 3.63) is 87.4 Å². The van der Waals surface area contributed by atoms with Crippen LogP contribution < -0.4 is 19.8 Å². The van der Waals surface area contributed by atoms with Gasteiger partial charge >= 0.3 is 0 Å². The Morgan fingerprint density at radius 1 is 0.967 bits per heavy atom. The van der Waals surface area contributed by atoms with Crippen LogP contribution >= 0.6 is 15.9 Å². The minimum atomic E-state index is -0.239. The van der Waals surface area contributed by atoms with Gasteiger partial charge in [-0.3, -0.25) is 4.79 Å². The lowest BCUT2D eigenvalue weighted by molar-refractivity contribution is 0.0955. The van der Waals surface area contributed by atoms with E-state index in [0.29, 0.717) is 17.1 Å². The van der Waals surface area contributed by atoms with E-state index in [-0.39, 0.29) is 12.7 Å². The van der Waals surface area contributed by atoms with E-state index in [2.05, 4.69) is 43.5 Å². The van der Waals surface area contributed by atoms with E-state index in [1.807, 2.05) is 48.5 Å². The van der Waals surface area contributed by atoms with E-state index in [4.69, 9.17) is 9.47 Å². The summed E-state index contributed by atoms with van der Waals surface area (Å²) in [4.78, 5) is 14.8. The number of carbonyl (C=O) groups excluding carboxylic acids is 1. The zero-order valence-electron chi connectivity index (χ0n) is 16.0. The fraction of sp³-hybridized carbons (Fsp3) is 0.130. The van der Waals surface area contributed by atoms with Crippen LogP contribution in [-0.4, -0.2) is 18.9 Å². The summed E-state index contributed by atoms with van der Waals surface area (Å²) in [5.41, 5.74) is 7.56. The van der Waals surface area contributed by atoms with Crippen LogP contribution in [0.4, 0.5) is 5.69 Å². The quantitative estimate of drug-likeness (QED) is 0.458. The lowest BCUT2D eigenvalue weighted by atomic mass is 10.1. The largest absolute Gasteiger partial charge is 0.454 e. The van der Waals surface area contributed by atoms with Crippen LogP contribution in [0.2, 0.25) is 0 Å². The van der Waals surface area contributed by atoms with Gasteiger partial charge in [0.2, 0.25) is 6.79 Å². The molecule has 0 spiro atoms. The Bertz CT molecular complexity index is 1140. The first-order valence-electron chi connectivity index (χ1n) is 9.51. The summed E-state index contributed by atoms with van der Waals surface area (Å²) in [5, 5.41) is 4.07. The molecule has 0 radical (unpaired) electrons. The second-order valence-electron chi connectivity index (χ2n) is 7.13. The Balaban J connectivity index is 1.24. The zero-order valence-corrected chi connectivity index (χ0v) is 17.6. The number of rotatable bonds is 4. The molecule has 2 heterocycles. The highest BCUT2D eigenvalue weighted by atomic mass is 79.9. The van der Waals surface area contributed by atoms with Gasteiger partial charge in [0.1, 0.15) is 0 Å². The van der Waals surface area contributed by atoms with Gasteiger partial charge in [-0.1, -0.05) is 22.0 Å². The molecule has 0 atom stereocenters. The molecule has 5 rings (SSSR count). The summed E-state index contributed by atoms with van der Waals surface area (Å²) in [6.45, 7) is 1.84. The van der Waals surface area contributed by atoms with E-state index < -0.39 is 0 Å². The highest BCUT2D eigenvalue weighted by Gasteiger charge is 2.20. The first kappa shape index (κ1) is 18.7. The number of nitrogens with zero attached hydrogens (tertiary/aromatic N) is 2. The number of hydrogen-bond donors (Lipinski definition) is 1. The topological polar surface area (TPSA) is 63.2 Å². The summed E-state index contributed by atoms with van der Waals surface area (Å²) in [7, 11) is 0. The molecule has 0 bridgehead atoms. The number of nitrogens with one attached hydrogen (secondary N) is 1. The molecule has 150 valence electrons. The van der Waals surface area contributed by atoms with Crippen molar-refractivity contribution in [2.45, 2.75) is 13.1 Å². The van der Waals surface area contributed by atoms with Gasteiger partial charge in [-0.25, -0.2) is 5.43 Å². The third kappa shape index (κ3) is 3.76. The van der Waals surface area contributed by atoms with Gasteiger partial charge < -0.3 is 14.4 Å². The first-order valence-corrected chi connectivity index (χ1v) is 10.3. The maximum absolute atomic E-state index is 12.5. The van der Waals surface area contributed by atoms with Gasteiger partial charge in [0.25, 0.3) is 5.91 Å². The zero-order chi connectivity index (χ0) is 20.5. The maximum Gasteiger partial charge on any atom is 0.271 e. The molecule has 7 heteroatoms. The molecular formula is C23H18BrN3O3. The van der Waals surface area contributed by atoms with Crippen molar-refractivity contribution >= 4 is 33.7 Å². The fourth-order valence-electron chi connectivity index (χ4n) is 3.59. The highest BCUT2D eigenvalue weighted by Crippen LogP contribution is 2.32. The van der Waals surface area contributed by atoms with Gasteiger partial charge in [0.15, 0.2) is 11.5 Å². The SMILES string of the molecule is O=C(N/N=C/c1ccc2c(c1)OCO2)c1ccc2c(c1)CN(c1ccc(Br)cc1)C2. The monoisotopic (exact) mass is 463 g/mol. The summed E-state index contributed by atoms with van der Waals surface area (Å²) < 4.78 is 11.7. The van der Waals surface area contributed by atoms with Crippen molar-refractivity contribution < 1.29 is 14.3 Å². The molecule has 0 aromatic heterocycles. The van der Waals surface area contributed by atoms with Crippen molar-refractivity contribution in [2.75, 3.05) is 11.7 Å². The van der Waals surface area contributed by atoms with Crippen LogP contribution in [0.1, 0.15) is 27.0 Å². The number of carbonyl (C=O) groups is 1. The number of hydrazone groups is 1. The summed E-state index contributed by atoms with van der Waals surface area (Å²) in [6.07, 6.45) is 1.59. The molecule has 2 aliphatic rings. The van der Waals surface area contributed by atoms with Crippen molar-refractivity contribution in [1.29, 1.82) is 0 Å². The van der Waals surface area contributed by atoms with Gasteiger partial charge in [-0.2, -0.15) is 5.10 Å². The summed E-state index contributed by atoms with van der Waals surface area (Å²) in [6, 6.07) is 19.6. The summed E-state index contributed by atoms with van der Waals surface area (Å²) in [5.74, 6) is 1.16. The van der Waals surface area contributed by atoms with Crippen LogP contribution in [0.3, 0.4) is 0 Å². The van der Waals surface area contributed by atoms with Crippen molar-refractivity contribution in [2.24, 2.45) is 5.10 Å². The Hall–Kier alpha value is -3.32. The van der Waals surface area contributed by atoms with E-state index in [1.54, 1.807) is 6.21 Å². The number of fused-ring (bicyclic) bond motifs is 2. The van der Waals surface area contributed by atoms with E-state index in [0.717, 1.165) is 34.4 Å². The average molecular weight is 464 g/mol. The molecule has 6 nitrogen and oxygen atoms in total. The fourth-order valence-corrected chi connectivity index (χ4v) is 3.86. The number of halogens is 1. The molecule has 3 aromatic carbocycles. The molecule has 0 saturated heterocycles. The van der Waals surface area contributed by atoms with Gasteiger partial charge in [0, 0.05) is 28.8 Å². The Morgan fingerprint density at radius 2 is 1.77 bits per heavy atom. The number of ether oxygens (including phenoxy) is 2. The number of hydrogen-bond acceptors (Lipinski definition) is 5. The molecule has 0 saturated carbocycles. The average Bonchev–Trinajstić information content (AvgIpc) is 3.40. The van der Waals surface area contributed by atoms with Gasteiger partial charge in [0.05, 0.1) is 6.21 Å². The second kappa shape index (κ2) is 7.84. The van der Waals surface area contributed by atoms with E-state index in [9.17, 15) is 4.79 Å². The van der Waals surface area contributed by atoms with Crippen LogP contribution in [0.25, 0.3) is 0 Å². The van der Waals surface area contributed by atoms with Crippen LogP contribution in [-0.2, 0) is 13.1 Å². The van der Waals surface area contributed by atoms with Crippen LogP contribution in [0.5, 0.6) is 11.5 Å². The number of anilines is 1. The molecule has 0 fully saturated rings. The normalized spacial score (nSPS) is 14.2. The third-order valence-corrected chi connectivity index (χ3v) is 5.69. The van der Waals surface area contributed by atoms with Gasteiger partial charge in [-0.05, 0) is 71.3 Å². The minimum Gasteiger partial charge on any atom is -0.454 e. The number of benzene rings is 3. The predicted octanol–water partition coefficient (Wildman–Crippen LogP) is 4.46. The van der Waals surface area contributed by atoms with E-state index in [1.165, 1.54) is 5.56 Å². The molecule has 0 unspecified atom stereocenters. The molecule has 30 heavy (non-hydrogen) atoms. The third-order valence-electron chi connectivity index (χ3n) is 5.16. The minimum absolute atomic E-state index is 0.226. The molecule has 1 amide bonds. The smallest absolute Gasteiger partial charge is 0.271 e. The Labute approximate surface area is 182 Å². The maximum atomic E-state index is 12.5. The van der Waals surface area contributed by atoms with Crippen molar-refractivity contribution in [3.8, 4) is 11.5 Å².